The number of rotatable bonds is 4. The molecule has 0 radical (unpaired) electrons. The van der Waals surface area contributed by atoms with Crippen molar-refractivity contribution in [3.05, 3.63) is 71.8 Å². The van der Waals surface area contributed by atoms with Gasteiger partial charge in [-0.2, -0.15) is 0 Å². The van der Waals surface area contributed by atoms with E-state index in [9.17, 15) is 14.4 Å². The number of imide groups is 3. The van der Waals surface area contributed by atoms with Crippen molar-refractivity contribution in [3.63, 3.8) is 0 Å². The molecule has 25 heavy (non-hydrogen) atoms. The number of hydrogen-bond acceptors (Lipinski definition) is 6. The van der Waals surface area contributed by atoms with Crippen LogP contribution in [0.2, 0.25) is 0 Å². The molecule has 0 saturated heterocycles. The Morgan fingerprint density at radius 3 is 1.48 bits per heavy atom. The van der Waals surface area contributed by atoms with Crippen molar-refractivity contribution in [2.45, 2.75) is 13.2 Å². The predicted molar refractivity (Wildman–Crippen MR) is 87.5 cm³/mol. The van der Waals surface area contributed by atoms with Crippen LogP contribution in [0.25, 0.3) is 0 Å². The molecule has 0 aliphatic rings. The van der Waals surface area contributed by atoms with Crippen LogP contribution in [0.4, 0.5) is 14.4 Å². The highest BCUT2D eigenvalue weighted by Gasteiger charge is 2.33. The molecule has 0 bridgehead atoms. The van der Waals surface area contributed by atoms with Gasteiger partial charge in [0.15, 0.2) is 0 Å². The number of methoxy groups -OCH3 is 1. The van der Waals surface area contributed by atoms with Crippen LogP contribution in [-0.2, 0) is 27.4 Å². The zero-order chi connectivity index (χ0) is 18.1. The van der Waals surface area contributed by atoms with Crippen LogP contribution in [0.1, 0.15) is 11.1 Å². The molecule has 2 aromatic carbocycles. The van der Waals surface area contributed by atoms with E-state index in [4.69, 9.17) is 9.47 Å². The van der Waals surface area contributed by atoms with Gasteiger partial charge in [0.25, 0.3) is 0 Å². The maximum Gasteiger partial charge on any atom is 0.429 e. The topological polar surface area (TPSA) is 82.1 Å². The Morgan fingerprint density at radius 2 is 1.12 bits per heavy atom. The second kappa shape index (κ2) is 9.07. The summed E-state index contributed by atoms with van der Waals surface area (Å²) in [5.41, 5.74) is 1.41. The molecule has 0 unspecified atom stereocenters. The van der Waals surface area contributed by atoms with Crippen LogP contribution < -0.4 is 0 Å². The molecule has 3 amide bonds. The Bertz CT molecular complexity index is 661. The maximum atomic E-state index is 12.1. The molecule has 2 rings (SSSR count). The molecule has 0 aromatic heterocycles. The van der Waals surface area contributed by atoms with Gasteiger partial charge in [-0.05, 0) is 11.1 Å². The van der Waals surface area contributed by atoms with Gasteiger partial charge in [-0.1, -0.05) is 60.7 Å². The lowest BCUT2D eigenvalue weighted by molar-refractivity contribution is 0.0630. The number of ether oxygens (including phenoxy) is 3. The van der Waals surface area contributed by atoms with E-state index in [0.29, 0.717) is 11.1 Å². The van der Waals surface area contributed by atoms with Crippen molar-refractivity contribution in [2.75, 3.05) is 7.11 Å². The minimum absolute atomic E-state index is 0.0981. The van der Waals surface area contributed by atoms with Gasteiger partial charge < -0.3 is 14.2 Å². The SMILES string of the molecule is COC(=O)N(C(=O)OCc1ccccc1)C(=O)OCc1ccccc1. The molecule has 0 heterocycles. The van der Waals surface area contributed by atoms with Gasteiger partial charge in [0.05, 0.1) is 7.11 Å². The third-order valence-corrected chi connectivity index (χ3v) is 3.13. The van der Waals surface area contributed by atoms with E-state index in [1.165, 1.54) is 0 Å². The van der Waals surface area contributed by atoms with Crippen molar-refractivity contribution in [1.82, 2.24) is 4.90 Å². The summed E-state index contributed by atoms with van der Waals surface area (Å²) in [6.07, 6.45) is -3.53. The third-order valence-electron chi connectivity index (χ3n) is 3.13. The largest absolute Gasteiger partial charge is 0.452 e. The molecule has 0 aliphatic carbocycles. The van der Waals surface area contributed by atoms with Crippen LogP contribution in [0.5, 0.6) is 0 Å². The first kappa shape index (κ1) is 18.0. The number of nitrogens with zero attached hydrogens (tertiary/aromatic N) is 1. The summed E-state index contributed by atoms with van der Waals surface area (Å²) < 4.78 is 14.4. The lowest BCUT2D eigenvalue weighted by Crippen LogP contribution is -2.42. The minimum Gasteiger partial charge on any atom is -0.452 e. The Hall–Kier alpha value is -3.35. The van der Waals surface area contributed by atoms with Crippen molar-refractivity contribution in [3.8, 4) is 0 Å². The monoisotopic (exact) mass is 343 g/mol. The Morgan fingerprint density at radius 1 is 0.720 bits per heavy atom. The van der Waals surface area contributed by atoms with Gasteiger partial charge in [-0.3, -0.25) is 0 Å². The summed E-state index contributed by atoms with van der Waals surface area (Å²) in [7, 11) is 1.05. The summed E-state index contributed by atoms with van der Waals surface area (Å²) in [5.74, 6) is 0. The third kappa shape index (κ3) is 5.35. The fourth-order valence-corrected chi connectivity index (χ4v) is 1.88. The summed E-state index contributed by atoms with van der Waals surface area (Å²) in [6.45, 7) is -0.196. The van der Waals surface area contributed by atoms with E-state index >= 15 is 0 Å². The predicted octanol–water partition coefficient (Wildman–Crippen LogP) is 3.73. The summed E-state index contributed by atoms with van der Waals surface area (Å²) in [4.78, 5) is 36.0. The van der Waals surface area contributed by atoms with Crippen LogP contribution in [0.15, 0.2) is 60.7 Å². The van der Waals surface area contributed by atoms with Crippen LogP contribution in [0, 0.1) is 0 Å². The lowest BCUT2D eigenvalue weighted by atomic mass is 10.2. The van der Waals surface area contributed by atoms with Crippen LogP contribution in [-0.4, -0.2) is 30.3 Å². The minimum atomic E-state index is -1.18. The second-order valence-corrected chi connectivity index (χ2v) is 4.89. The molecule has 0 fully saturated rings. The van der Waals surface area contributed by atoms with E-state index < -0.39 is 18.3 Å². The van der Waals surface area contributed by atoms with Crippen molar-refractivity contribution < 1.29 is 28.6 Å². The van der Waals surface area contributed by atoms with Gasteiger partial charge in [0.1, 0.15) is 13.2 Å². The Labute approximate surface area is 144 Å². The van der Waals surface area contributed by atoms with Crippen molar-refractivity contribution >= 4 is 18.3 Å². The highest BCUT2D eigenvalue weighted by atomic mass is 16.6. The quantitative estimate of drug-likeness (QED) is 0.787. The Balaban J connectivity index is 1.97. The van der Waals surface area contributed by atoms with Crippen molar-refractivity contribution in [2.24, 2.45) is 0 Å². The average Bonchev–Trinajstić information content (AvgIpc) is 2.66. The van der Waals surface area contributed by atoms with Crippen LogP contribution >= 0.6 is 0 Å². The molecule has 7 nitrogen and oxygen atoms in total. The normalized spacial score (nSPS) is 9.80. The van der Waals surface area contributed by atoms with E-state index in [0.717, 1.165) is 7.11 Å². The van der Waals surface area contributed by atoms with E-state index in [1.807, 2.05) is 12.1 Å². The lowest BCUT2D eigenvalue weighted by Gasteiger charge is -2.17. The van der Waals surface area contributed by atoms with Gasteiger partial charge in [0.2, 0.25) is 0 Å². The fraction of sp³-hybridized carbons (Fsp3) is 0.167. The number of amides is 3. The molecule has 0 saturated carbocycles. The second-order valence-electron chi connectivity index (χ2n) is 4.89. The van der Waals surface area contributed by atoms with E-state index in [-0.39, 0.29) is 18.1 Å². The summed E-state index contributed by atoms with van der Waals surface area (Å²) in [5, 5.41) is 0. The highest BCUT2D eigenvalue weighted by Crippen LogP contribution is 2.08. The first-order valence-electron chi connectivity index (χ1n) is 7.41. The molecule has 2 aromatic rings. The molecule has 0 atom stereocenters. The first-order chi connectivity index (χ1) is 12.1. The maximum absolute atomic E-state index is 12.1. The molecule has 7 heteroatoms. The number of hydrogen-bond donors (Lipinski definition) is 0. The van der Waals surface area contributed by atoms with Gasteiger partial charge in [0, 0.05) is 0 Å². The zero-order valence-corrected chi connectivity index (χ0v) is 13.6. The fourth-order valence-electron chi connectivity index (χ4n) is 1.88. The molecule has 130 valence electrons. The summed E-state index contributed by atoms with van der Waals surface area (Å²) >= 11 is 0. The highest BCUT2D eigenvalue weighted by molar-refractivity contribution is 6.03. The molecule has 0 N–H and O–H groups in total. The average molecular weight is 343 g/mol. The van der Waals surface area contributed by atoms with Gasteiger partial charge in [-0.25, -0.2) is 14.4 Å². The summed E-state index contributed by atoms with van der Waals surface area (Å²) in [6, 6.07) is 17.7. The van der Waals surface area contributed by atoms with Crippen molar-refractivity contribution in [1.29, 1.82) is 0 Å². The van der Waals surface area contributed by atoms with Crippen LogP contribution in [0.3, 0.4) is 0 Å². The Kier molecular flexibility index (Phi) is 6.53. The van der Waals surface area contributed by atoms with E-state index in [2.05, 4.69) is 4.74 Å². The molecular formula is C18H17NO6. The zero-order valence-electron chi connectivity index (χ0n) is 13.6. The number of benzene rings is 2. The van der Waals surface area contributed by atoms with Gasteiger partial charge >= 0.3 is 18.3 Å². The molecular weight excluding hydrogens is 326 g/mol. The standard InChI is InChI=1S/C18H17NO6/c1-23-16(20)19(17(21)24-12-14-8-4-2-5-9-14)18(22)25-13-15-10-6-3-7-11-15/h2-11H,12-13H2,1H3. The first-order valence-corrected chi connectivity index (χ1v) is 7.41. The smallest absolute Gasteiger partial charge is 0.429 e. The number of carbonyl (C=O) groups excluding carboxylic acids is 3. The molecule has 0 spiro atoms. The number of carbonyl (C=O) groups is 3. The van der Waals surface area contributed by atoms with E-state index in [1.54, 1.807) is 48.5 Å². The molecule has 0 aliphatic heterocycles. The van der Waals surface area contributed by atoms with Gasteiger partial charge in [-0.15, -0.1) is 4.90 Å².